The lowest BCUT2D eigenvalue weighted by Crippen LogP contribution is -2.60. The molecule has 190 valence electrons. The summed E-state index contributed by atoms with van der Waals surface area (Å²) in [6.45, 7) is 5.13. The van der Waals surface area contributed by atoms with Crippen molar-refractivity contribution >= 4 is 5.91 Å². The van der Waals surface area contributed by atoms with Crippen molar-refractivity contribution in [2.75, 3.05) is 27.9 Å². The third kappa shape index (κ3) is 2.47. The van der Waals surface area contributed by atoms with Gasteiger partial charge in [-0.15, -0.1) is 0 Å². The molecule has 37 heavy (non-hydrogen) atoms. The molecule has 0 radical (unpaired) electrons. The van der Waals surface area contributed by atoms with Crippen LogP contribution in [0.2, 0.25) is 0 Å². The molecule has 0 spiro atoms. The van der Waals surface area contributed by atoms with Gasteiger partial charge < -0.3 is 19.1 Å². The Kier molecular flexibility index (Phi) is 4.70. The van der Waals surface area contributed by atoms with E-state index in [0.29, 0.717) is 12.3 Å². The van der Waals surface area contributed by atoms with Crippen LogP contribution in [0.15, 0.2) is 60.7 Å². The van der Waals surface area contributed by atoms with Crippen LogP contribution < -0.4 is 9.47 Å². The van der Waals surface area contributed by atoms with E-state index in [1.807, 2.05) is 0 Å². The van der Waals surface area contributed by atoms with Gasteiger partial charge in [0.1, 0.15) is 0 Å². The summed E-state index contributed by atoms with van der Waals surface area (Å²) in [7, 11) is 5.14. The molecule has 2 aliphatic heterocycles. The zero-order chi connectivity index (χ0) is 25.7. The second-order valence-electron chi connectivity index (χ2n) is 11.2. The van der Waals surface area contributed by atoms with Crippen molar-refractivity contribution in [1.29, 1.82) is 0 Å². The van der Waals surface area contributed by atoms with E-state index in [9.17, 15) is 4.79 Å². The summed E-state index contributed by atoms with van der Waals surface area (Å²) in [5, 5.41) is 0. The number of nitrogens with zero attached hydrogens (tertiary/aromatic N) is 1. The zero-order valence-electron chi connectivity index (χ0n) is 22.1. The van der Waals surface area contributed by atoms with Crippen molar-refractivity contribution in [3.8, 4) is 11.5 Å². The summed E-state index contributed by atoms with van der Waals surface area (Å²) >= 11 is 0. The van der Waals surface area contributed by atoms with Gasteiger partial charge in [0.2, 0.25) is 5.91 Å². The van der Waals surface area contributed by atoms with Crippen LogP contribution in [0.1, 0.15) is 53.1 Å². The Bertz CT molecular complexity index is 1400. The van der Waals surface area contributed by atoms with E-state index in [-0.39, 0.29) is 29.8 Å². The van der Waals surface area contributed by atoms with Gasteiger partial charge in [0.25, 0.3) is 0 Å². The summed E-state index contributed by atoms with van der Waals surface area (Å²) in [6.07, 6.45) is 0.621. The van der Waals surface area contributed by atoms with Gasteiger partial charge in [0.15, 0.2) is 11.5 Å². The van der Waals surface area contributed by atoms with Crippen LogP contribution in [-0.4, -0.2) is 44.8 Å². The third-order valence-corrected chi connectivity index (χ3v) is 10.2. The number of fused-ring (bicyclic) bond motifs is 3. The van der Waals surface area contributed by atoms with Gasteiger partial charge in [-0.25, -0.2) is 0 Å². The van der Waals surface area contributed by atoms with Gasteiger partial charge in [-0.05, 0) is 65.8 Å². The van der Waals surface area contributed by atoms with Gasteiger partial charge in [0, 0.05) is 25.5 Å². The smallest absolute Gasteiger partial charge is 0.228 e. The number of carbonyl (C=O) groups excluding carboxylic acids is 1. The van der Waals surface area contributed by atoms with E-state index < -0.39 is 11.0 Å². The van der Waals surface area contributed by atoms with Crippen LogP contribution in [0.5, 0.6) is 11.5 Å². The largest absolute Gasteiger partial charge is 0.493 e. The van der Waals surface area contributed by atoms with Gasteiger partial charge in [-0.2, -0.15) is 0 Å². The minimum absolute atomic E-state index is 0.0551. The van der Waals surface area contributed by atoms with Crippen molar-refractivity contribution in [2.45, 2.75) is 43.2 Å². The van der Waals surface area contributed by atoms with E-state index in [1.54, 1.807) is 21.3 Å². The molecule has 5 aliphatic rings. The van der Waals surface area contributed by atoms with Gasteiger partial charge in [0.05, 0.1) is 37.2 Å². The van der Waals surface area contributed by atoms with Crippen LogP contribution in [-0.2, 0) is 26.9 Å². The van der Waals surface area contributed by atoms with E-state index >= 15 is 0 Å². The number of hydrogen-bond acceptors (Lipinski definition) is 4. The van der Waals surface area contributed by atoms with E-state index in [0.717, 1.165) is 12.2 Å². The minimum atomic E-state index is -0.560. The highest BCUT2D eigenvalue weighted by atomic mass is 16.5. The second-order valence-corrected chi connectivity index (χ2v) is 11.2. The predicted molar refractivity (Wildman–Crippen MR) is 141 cm³/mol. The molecule has 1 fully saturated rings. The number of methoxy groups -OCH3 is 3. The molecule has 2 bridgehead atoms. The Labute approximate surface area is 218 Å². The summed E-state index contributed by atoms with van der Waals surface area (Å²) in [5.74, 6) is 1.64. The second kappa shape index (κ2) is 7.61. The molecule has 4 atom stereocenters. The Balaban J connectivity index is 1.58. The molecule has 0 saturated carbocycles. The first-order valence-electron chi connectivity index (χ1n) is 13.2. The van der Waals surface area contributed by atoms with Gasteiger partial charge in [-0.3, -0.25) is 4.79 Å². The Hall–Kier alpha value is -3.31. The lowest BCUT2D eigenvalue weighted by molar-refractivity contribution is -0.137. The number of rotatable bonds is 4. The van der Waals surface area contributed by atoms with E-state index in [1.165, 1.54) is 33.4 Å². The van der Waals surface area contributed by atoms with Gasteiger partial charge in [-0.1, -0.05) is 48.5 Å². The predicted octanol–water partition coefficient (Wildman–Crippen LogP) is 5.03. The molecule has 0 N–H and O–H groups in total. The first-order valence-corrected chi connectivity index (χ1v) is 13.2. The lowest BCUT2D eigenvalue weighted by atomic mass is 9.43. The molecular formula is C32H33NO4. The average Bonchev–Trinajstić information content (AvgIpc) is 3.19. The quantitative estimate of drug-likeness (QED) is 0.510. The average molecular weight is 496 g/mol. The lowest BCUT2D eigenvalue weighted by Gasteiger charge is -2.59. The fourth-order valence-electron chi connectivity index (χ4n) is 8.75. The maximum absolute atomic E-state index is 14.7. The minimum Gasteiger partial charge on any atom is -0.493 e. The molecule has 2 heterocycles. The molecule has 0 unspecified atom stereocenters. The first-order chi connectivity index (χ1) is 17.9. The van der Waals surface area contributed by atoms with Crippen molar-refractivity contribution < 1.29 is 19.0 Å². The first kappa shape index (κ1) is 22.9. The topological polar surface area (TPSA) is 48.0 Å². The van der Waals surface area contributed by atoms with Crippen molar-refractivity contribution in [2.24, 2.45) is 11.8 Å². The summed E-state index contributed by atoms with van der Waals surface area (Å²) in [6, 6.07) is 21.8. The van der Waals surface area contributed by atoms with Crippen molar-refractivity contribution in [3.05, 3.63) is 94.0 Å². The Morgan fingerprint density at radius 3 is 2.08 bits per heavy atom. The standard InChI is InChI=1S/C32H33NO4/c1-18(35-3)32-22-12-8-6-10-20(22)27(21-11-7-9-13-23(21)32)28-29(32)30(34)33-15-14-19-16-25(36-4)26(37-5)17-24(19)31(28,33)2/h6-13,16-18,27-29H,14-15H2,1-5H3/t18-,27?,28-,29+,31+,32?/m0/s1. The van der Waals surface area contributed by atoms with Crippen molar-refractivity contribution in [1.82, 2.24) is 4.90 Å². The molecule has 8 rings (SSSR count). The normalized spacial score (nSPS) is 31.1. The highest BCUT2D eigenvalue weighted by molar-refractivity contribution is 5.90. The summed E-state index contributed by atoms with van der Waals surface area (Å²) in [4.78, 5) is 16.9. The molecule has 5 heteroatoms. The van der Waals surface area contributed by atoms with Crippen LogP contribution >= 0.6 is 0 Å². The number of carbonyl (C=O) groups is 1. The monoisotopic (exact) mass is 495 g/mol. The Morgan fingerprint density at radius 1 is 0.892 bits per heavy atom. The fourth-order valence-corrected chi connectivity index (χ4v) is 8.75. The molecule has 1 amide bonds. The summed E-state index contributed by atoms with van der Waals surface area (Å²) in [5.41, 5.74) is 6.53. The zero-order valence-corrected chi connectivity index (χ0v) is 22.1. The number of amides is 1. The molecule has 3 aromatic rings. The Morgan fingerprint density at radius 2 is 1.49 bits per heavy atom. The van der Waals surface area contributed by atoms with E-state index in [2.05, 4.69) is 79.4 Å². The molecule has 0 aromatic heterocycles. The third-order valence-electron chi connectivity index (χ3n) is 10.2. The van der Waals surface area contributed by atoms with Crippen LogP contribution in [0.4, 0.5) is 0 Å². The number of hydrogen-bond donors (Lipinski definition) is 0. The SMILES string of the molecule is COc1cc2c(cc1OC)[C@]1(C)[C@H]3C4c5ccccc5C([C@H](C)OC)(c5ccccc54)[C@H]3C(=O)N1CC2. The molecule has 5 nitrogen and oxygen atoms in total. The number of ether oxygens (including phenoxy) is 3. The molecule has 3 aromatic carbocycles. The van der Waals surface area contributed by atoms with E-state index in [4.69, 9.17) is 14.2 Å². The van der Waals surface area contributed by atoms with Crippen LogP contribution in [0, 0.1) is 11.8 Å². The van der Waals surface area contributed by atoms with Crippen LogP contribution in [0.25, 0.3) is 0 Å². The van der Waals surface area contributed by atoms with Gasteiger partial charge >= 0.3 is 0 Å². The highest BCUT2D eigenvalue weighted by Crippen LogP contribution is 2.71. The maximum atomic E-state index is 14.7. The van der Waals surface area contributed by atoms with Crippen molar-refractivity contribution in [3.63, 3.8) is 0 Å². The molecular weight excluding hydrogens is 462 g/mol. The molecule has 3 aliphatic carbocycles. The number of benzene rings is 3. The fraction of sp³-hybridized carbons (Fsp3) is 0.406. The van der Waals surface area contributed by atoms with Crippen LogP contribution in [0.3, 0.4) is 0 Å². The molecule has 1 saturated heterocycles. The summed E-state index contributed by atoms with van der Waals surface area (Å²) < 4.78 is 17.6. The highest BCUT2D eigenvalue weighted by Gasteiger charge is 2.73. The maximum Gasteiger partial charge on any atom is 0.228 e.